The summed E-state index contributed by atoms with van der Waals surface area (Å²) in [6.07, 6.45) is 0. The molecule has 1 fully saturated rings. The summed E-state index contributed by atoms with van der Waals surface area (Å²) >= 11 is 0. The molecular weight excluding hydrogens is 326 g/mol. The van der Waals surface area contributed by atoms with Gasteiger partial charge < -0.3 is 15.1 Å². The Balaban J connectivity index is 1.58. The summed E-state index contributed by atoms with van der Waals surface area (Å²) in [5.74, 6) is -1.04. The Morgan fingerprint density at radius 3 is 2.19 bits per heavy atom. The molecule has 2 aromatic rings. The predicted octanol–water partition coefficient (Wildman–Crippen LogP) is 2.90. The van der Waals surface area contributed by atoms with Crippen molar-refractivity contribution in [2.24, 2.45) is 0 Å². The number of benzene rings is 2. The fraction of sp³-hybridized carbons (Fsp3) is 0.333. The van der Waals surface area contributed by atoms with Crippen LogP contribution in [0.3, 0.4) is 0 Å². The number of anilines is 2. The molecule has 0 aromatic heterocycles. The SMILES string of the molecule is Cc1ccc(NC(=O)C(=O)N2CCN(c3cccc(C)c3C)CC2)cc1. The van der Waals surface area contributed by atoms with Crippen LogP contribution in [0.25, 0.3) is 0 Å². The first kappa shape index (κ1) is 18.0. The zero-order valence-electron chi connectivity index (χ0n) is 15.6. The number of hydrogen-bond acceptors (Lipinski definition) is 3. The molecule has 0 atom stereocenters. The second kappa shape index (κ2) is 7.60. The number of rotatable bonds is 2. The van der Waals surface area contributed by atoms with E-state index in [4.69, 9.17) is 0 Å². The third-order valence-corrected chi connectivity index (χ3v) is 4.99. The van der Waals surface area contributed by atoms with Crippen LogP contribution in [0, 0.1) is 20.8 Å². The van der Waals surface area contributed by atoms with Crippen molar-refractivity contribution in [3.8, 4) is 0 Å². The smallest absolute Gasteiger partial charge is 0.313 e. The second-order valence-electron chi connectivity index (χ2n) is 6.82. The number of nitrogens with zero attached hydrogens (tertiary/aromatic N) is 2. The van der Waals surface area contributed by atoms with Crippen molar-refractivity contribution in [2.45, 2.75) is 20.8 Å². The maximum Gasteiger partial charge on any atom is 0.313 e. The van der Waals surface area contributed by atoms with E-state index >= 15 is 0 Å². The first-order valence-electron chi connectivity index (χ1n) is 8.94. The quantitative estimate of drug-likeness (QED) is 0.847. The molecule has 2 amide bonds. The highest BCUT2D eigenvalue weighted by Crippen LogP contribution is 2.24. The van der Waals surface area contributed by atoms with E-state index in [0.29, 0.717) is 18.8 Å². The molecule has 1 saturated heterocycles. The molecule has 1 aliphatic heterocycles. The average molecular weight is 351 g/mol. The van der Waals surface area contributed by atoms with Crippen molar-refractivity contribution in [3.63, 3.8) is 0 Å². The Hall–Kier alpha value is -2.82. The third kappa shape index (κ3) is 3.87. The lowest BCUT2D eigenvalue weighted by Crippen LogP contribution is -2.51. The predicted molar refractivity (Wildman–Crippen MR) is 105 cm³/mol. The molecule has 2 aromatic carbocycles. The first-order chi connectivity index (χ1) is 12.5. The summed E-state index contributed by atoms with van der Waals surface area (Å²) in [6.45, 7) is 8.76. The van der Waals surface area contributed by atoms with Gasteiger partial charge in [-0.25, -0.2) is 0 Å². The molecule has 0 unspecified atom stereocenters. The number of aryl methyl sites for hydroxylation is 2. The fourth-order valence-electron chi connectivity index (χ4n) is 3.19. The third-order valence-electron chi connectivity index (χ3n) is 4.99. The minimum Gasteiger partial charge on any atom is -0.368 e. The van der Waals surface area contributed by atoms with E-state index in [0.717, 1.165) is 18.7 Å². The number of hydrogen-bond donors (Lipinski definition) is 1. The molecule has 5 nitrogen and oxygen atoms in total. The van der Waals surface area contributed by atoms with Gasteiger partial charge in [-0.1, -0.05) is 29.8 Å². The molecule has 0 aliphatic carbocycles. The van der Waals surface area contributed by atoms with Gasteiger partial charge in [0.05, 0.1) is 0 Å². The molecule has 26 heavy (non-hydrogen) atoms. The molecule has 0 radical (unpaired) electrons. The van der Waals surface area contributed by atoms with Gasteiger partial charge in [0.15, 0.2) is 0 Å². The molecule has 0 bridgehead atoms. The van der Waals surface area contributed by atoms with Crippen LogP contribution < -0.4 is 10.2 Å². The van der Waals surface area contributed by atoms with Gasteiger partial charge in [-0.3, -0.25) is 9.59 Å². The Kier molecular flexibility index (Phi) is 5.26. The fourth-order valence-corrected chi connectivity index (χ4v) is 3.19. The van der Waals surface area contributed by atoms with E-state index in [1.807, 2.05) is 19.1 Å². The highest BCUT2D eigenvalue weighted by molar-refractivity contribution is 6.39. The number of nitrogens with one attached hydrogen (secondary N) is 1. The van der Waals surface area contributed by atoms with Gasteiger partial charge in [-0.2, -0.15) is 0 Å². The summed E-state index contributed by atoms with van der Waals surface area (Å²) in [5, 5.41) is 2.68. The molecule has 0 spiro atoms. The lowest BCUT2D eigenvalue weighted by molar-refractivity contribution is -0.143. The zero-order chi connectivity index (χ0) is 18.7. The van der Waals surface area contributed by atoms with E-state index in [2.05, 4.69) is 42.3 Å². The van der Waals surface area contributed by atoms with Gasteiger partial charge >= 0.3 is 11.8 Å². The second-order valence-corrected chi connectivity index (χ2v) is 6.82. The Morgan fingerprint density at radius 1 is 0.885 bits per heavy atom. The van der Waals surface area contributed by atoms with Gasteiger partial charge in [-0.15, -0.1) is 0 Å². The van der Waals surface area contributed by atoms with Crippen LogP contribution in [-0.4, -0.2) is 42.9 Å². The standard InChI is InChI=1S/C21H25N3O2/c1-15-7-9-18(10-8-15)22-20(25)21(26)24-13-11-23(12-14-24)19-6-4-5-16(2)17(19)3/h4-10H,11-14H2,1-3H3,(H,22,25). The summed E-state index contributed by atoms with van der Waals surface area (Å²) in [4.78, 5) is 28.6. The Labute approximate surface area is 154 Å². The van der Waals surface area contributed by atoms with E-state index in [1.54, 1.807) is 17.0 Å². The van der Waals surface area contributed by atoms with Crippen molar-refractivity contribution in [1.82, 2.24) is 4.90 Å². The minimum atomic E-state index is -0.575. The molecule has 1 N–H and O–H groups in total. The van der Waals surface area contributed by atoms with Crippen LogP contribution in [0.1, 0.15) is 16.7 Å². The van der Waals surface area contributed by atoms with Crippen LogP contribution in [0.15, 0.2) is 42.5 Å². The van der Waals surface area contributed by atoms with Crippen molar-refractivity contribution < 1.29 is 9.59 Å². The average Bonchev–Trinajstić information content (AvgIpc) is 2.65. The van der Waals surface area contributed by atoms with Crippen LogP contribution in [0.2, 0.25) is 0 Å². The topological polar surface area (TPSA) is 52.7 Å². The van der Waals surface area contributed by atoms with Crippen molar-refractivity contribution in [3.05, 3.63) is 59.2 Å². The monoisotopic (exact) mass is 351 g/mol. The van der Waals surface area contributed by atoms with Gasteiger partial charge in [-0.05, 0) is 50.1 Å². The number of carbonyl (C=O) groups excluding carboxylic acids is 2. The summed E-state index contributed by atoms with van der Waals surface area (Å²) in [7, 11) is 0. The molecule has 3 rings (SSSR count). The van der Waals surface area contributed by atoms with Crippen LogP contribution >= 0.6 is 0 Å². The maximum absolute atomic E-state index is 12.4. The largest absolute Gasteiger partial charge is 0.368 e. The van der Waals surface area contributed by atoms with Crippen molar-refractivity contribution in [2.75, 3.05) is 36.4 Å². The zero-order valence-corrected chi connectivity index (χ0v) is 15.6. The van der Waals surface area contributed by atoms with Gasteiger partial charge in [0.2, 0.25) is 0 Å². The van der Waals surface area contributed by atoms with E-state index in [-0.39, 0.29) is 0 Å². The summed E-state index contributed by atoms with van der Waals surface area (Å²) in [6, 6.07) is 13.7. The first-order valence-corrected chi connectivity index (χ1v) is 8.94. The highest BCUT2D eigenvalue weighted by atomic mass is 16.2. The van der Waals surface area contributed by atoms with Crippen LogP contribution in [0.4, 0.5) is 11.4 Å². The van der Waals surface area contributed by atoms with Crippen molar-refractivity contribution in [1.29, 1.82) is 0 Å². The molecule has 5 heteroatoms. The van der Waals surface area contributed by atoms with E-state index < -0.39 is 11.8 Å². The van der Waals surface area contributed by atoms with Gasteiger partial charge in [0.1, 0.15) is 0 Å². The lowest BCUT2D eigenvalue weighted by Gasteiger charge is -2.36. The van der Waals surface area contributed by atoms with Gasteiger partial charge in [0, 0.05) is 37.6 Å². The number of carbonyl (C=O) groups is 2. The Morgan fingerprint density at radius 2 is 1.54 bits per heavy atom. The summed E-state index contributed by atoms with van der Waals surface area (Å²) < 4.78 is 0. The minimum absolute atomic E-state index is 0.466. The highest BCUT2D eigenvalue weighted by Gasteiger charge is 2.26. The van der Waals surface area contributed by atoms with Crippen LogP contribution in [0.5, 0.6) is 0 Å². The molecule has 136 valence electrons. The maximum atomic E-state index is 12.4. The lowest BCUT2D eigenvalue weighted by atomic mass is 10.1. The van der Waals surface area contributed by atoms with Crippen LogP contribution in [-0.2, 0) is 9.59 Å². The normalized spacial score (nSPS) is 14.3. The molecule has 0 saturated carbocycles. The van der Waals surface area contributed by atoms with Gasteiger partial charge in [0.25, 0.3) is 0 Å². The molecule has 1 aliphatic rings. The van der Waals surface area contributed by atoms with E-state index in [1.165, 1.54) is 16.8 Å². The molecular formula is C21H25N3O2. The molecule has 1 heterocycles. The summed E-state index contributed by atoms with van der Waals surface area (Å²) in [5.41, 5.74) is 5.49. The Bertz CT molecular complexity index is 807. The van der Waals surface area contributed by atoms with Crippen molar-refractivity contribution >= 4 is 23.2 Å². The number of piperazine rings is 1. The van der Waals surface area contributed by atoms with E-state index in [9.17, 15) is 9.59 Å². The number of amides is 2.